The third kappa shape index (κ3) is 5.82. The van der Waals surface area contributed by atoms with Crippen molar-refractivity contribution in [2.75, 3.05) is 46.9 Å². The van der Waals surface area contributed by atoms with Crippen LogP contribution in [0.15, 0.2) is 47.4 Å². The Morgan fingerprint density at radius 1 is 0.970 bits per heavy atom. The minimum absolute atomic E-state index is 0.121. The lowest BCUT2D eigenvalue weighted by Crippen LogP contribution is -2.53. The summed E-state index contributed by atoms with van der Waals surface area (Å²) in [6, 6.07) is 11.2. The Bertz CT molecular complexity index is 1090. The fourth-order valence-corrected chi connectivity index (χ4v) is 5.04. The number of ketones is 1. The quantitative estimate of drug-likeness (QED) is 0.587. The van der Waals surface area contributed by atoms with Crippen LogP contribution >= 0.6 is 0 Å². The van der Waals surface area contributed by atoms with Crippen molar-refractivity contribution >= 4 is 21.8 Å². The zero-order valence-corrected chi connectivity index (χ0v) is 19.9. The molecule has 2 aromatic carbocycles. The van der Waals surface area contributed by atoms with Gasteiger partial charge in [-0.25, -0.2) is 13.2 Å². The zero-order chi connectivity index (χ0) is 24.0. The second-order valence-corrected chi connectivity index (χ2v) is 9.57. The molecule has 1 aliphatic rings. The van der Waals surface area contributed by atoms with E-state index in [1.807, 2.05) is 12.1 Å². The van der Waals surface area contributed by atoms with Gasteiger partial charge >= 0.3 is 6.03 Å². The normalized spacial score (nSPS) is 14.6. The summed E-state index contributed by atoms with van der Waals surface area (Å²) in [5.41, 5.74) is 1.41. The molecule has 10 heteroatoms. The molecule has 0 radical (unpaired) electrons. The summed E-state index contributed by atoms with van der Waals surface area (Å²) in [5.74, 6) is 1.27. The predicted molar refractivity (Wildman–Crippen MR) is 123 cm³/mol. The maximum absolute atomic E-state index is 12.9. The molecule has 0 atom stereocenters. The van der Waals surface area contributed by atoms with Crippen LogP contribution in [0.5, 0.6) is 11.5 Å². The van der Waals surface area contributed by atoms with Crippen LogP contribution in [-0.2, 0) is 16.4 Å². The molecule has 1 N–H and O–H groups in total. The maximum atomic E-state index is 12.9. The molecular weight excluding hydrogens is 446 g/mol. The fraction of sp³-hybridized carbons (Fsp3) is 0.391. The van der Waals surface area contributed by atoms with Gasteiger partial charge in [0, 0.05) is 44.4 Å². The molecule has 0 aliphatic carbocycles. The van der Waals surface area contributed by atoms with Gasteiger partial charge in [0.05, 0.1) is 19.1 Å². The lowest BCUT2D eigenvalue weighted by molar-refractivity contribution is 0.101. The number of carbonyl (C=O) groups excluding carboxylic acids is 2. The Kier molecular flexibility index (Phi) is 7.93. The van der Waals surface area contributed by atoms with Crippen LogP contribution < -0.4 is 14.8 Å². The highest BCUT2D eigenvalue weighted by molar-refractivity contribution is 7.89. The van der Waals surface area contributed by atoms with Crippen LogP contribution in [-0.4, -0.2) is 76.4 Å². The minimum atomic E-state index is -3.68. The van der Waals surface area contributed by atoms with Crippen molar-refractivity contribution in [1.82, 2.24) is 14.5 Å². The number of hydrogen-bond donors (Lipinski definition) is 1. The monoisotopic (exact) mass is 475 g/mol. The predicted octanol–water partition coefficient (Wildman–Crippen LogP) is 2.17. The summed E-state index contributed by atoms with van der Waals surface area (Å²) >= 11 is 0. The SMILES string of the molecule is COc1ccc(CCNC(=O)N2CCN(S(=O)(=O)c3ccc(C(C)=O)cc3)CC2)c(OC)c1. The Balaban J connectivity index is 1.51. The minimum Gasteiger partial charge on any atom is -0.497 e. The van der Waals surface area contributed by atoms with Gasteiger partial charge in [-0.3, -0.25) is 4.79 Å². The smallest absolute Gasteiger partial charge is 0.317 e. The second-order valence-electron chi connectivity index (χ2n) is 7.63. The van der Waals surface area contributed by atoms with Crippen molar-refractivity contribution in [2.45, 2.75) is 18.2 Å². The fourth-order valence-electron chi connectivity index (χ4n) is 3.62. The molecule has 2 amide bonds. The first kappa shape index (κ1) is 24.5. The summed E-state index contributed by atoms with van der Waals surface area (Å²) in [7, 11) is -0.508. The number of urea groups is 1. The molecular formula is C23H29N3O6S. The molecule has 0 spiro atoms. The van der Waals surface area contributed by atoms with Crippen LogP contribution in [0.2, 0.25) is 0 Å². The highest BCUT2D eigenvalue weighted by Crippen LogP contribution is 2.24. The number of nitrogens with zero attached hydrogens (tertiary/aromatic N) is 2. The van der Waals surface area contributed by atoms with Crippen LogP contribution in [0, 0.1) is 0 Å². The van der Waals surface area contributed by atoms with E-state index in [0.717, 1.165) is 5.56 Å². The van der Waals surface area contributed by atoms with E-state index in [-0.39, 0.29) is 29.8 Å². The van der Waals surface area contributed by atoms with Crippen molar-refractivity contribution in [3.05, 3.63) is 53.6 Å². The number of benzene rings is 2. The number of carbonyl (C=O) groups is 2. The molecule has 1 aliphatic heterocycles. The zero-order valence-electron chi connectivity index (χ0n) is 19.0. The van der Waals surface area contributed by atoms with E-state index in [0.29, 0.717) is 43.1 Å². The molecule has 3 rings (SSSR count). The molecule has 9 nitrogen and oxygen atoms in total. The summed E-state index contributed by atoms with van der Waals surface area (Å²) in [5, 5.41) is 2.88. The summed E-state index contributed by atoms with van der Waals surface area (Å²) in [4.78, 5) is 25.7. The van der Waals surface area contributed by atoms with Gasteiger partial charge in [0.15, 0.2) is 5.78 Å². The first-order valence-corrected chi connectivity index (χ1v) is 12.0. The van der Waals surface area contributed by atoms with Gasteiger partial charge in [-0.1, -0.05) is 18.2 Å². The summed E-state index contributed by atoms with van der Waals surface area (Å²) < 4.78 is 37.7. The van der Waals surface area contributed by atoms with E-state index in [1.54, 1.807) is 25.2 Å². The lowest BCUT2D eigenvalue weighted by atomic mass is 10.1. The van der Waals surface area contributed by atoms with Gasteiger partial charge in [-0.2, -0.15) is 4.31 Å². The summed E-state index contributed by atoms with van der Waals surface area (Å²) in [6.07, 6.45) is 0.587. The van der Waals surface area contributed by atoms with Crippen LogP contribution in [0.3, 0.4) is 0 Å². The molecule has 0 bridgehead atoms. The molecule has 1 saturated heterocycles. The number of hydrogen-bond acceptors (Lipinski definition) is 6. The van der Waals surface area contributed by atoms with Crippen molar-refractivity contribution in [1.29, 1.82) is 0 Å². The van der Waals surface area contributed by atoms with E-state index in [4.69, 9.17) is 9.47 Å². The molecule has 0 unspecified atom stereocenters. The molecule has 1 fully saturated rings. The Hall–Kier alpha value is -3.11. The van der Waals surface area contributed by atoms with E-state index >= 15 is 0 Å². The number of amides is 2. The summed E-state index contributed by atoms with van der Waals surface area (Å²) in [6.45, 7) is 2.85. The van der Waals surface area contributed by atoms with Gasteiger partial charge in [0.1, 0.15) is 11.5 Å². The average Bonchev–Trinajstić information content (AvgIpc) is 2.84. The standard InChI is InChI=1S/C23H29N3O6S/c1-17(27)18-5-8-21(9-6-18)33(29,30)26-14-12-25(13-15-26)23(28)24-11-10-19-4-7-20(31-2)16-22(19)32-3/h4-9,16H,10-15H2,1-3H3,(H,24,28). The van der Waals surface area contributed by atoms with E-state index in [9.17, 15) is 18.0 Å². The first-order valence-electron chi connectivity index (χ1n) is 10.6. The van der Waals surface area contributed by atoms with Gasteiger partial charge < -0.3 is 19.7 Å². The number of Topliss-reactive ketones (excluding diaryl/α,β-unsaturated/α-hetero) is 1. The number of methoxy groups -OCH3 is 2. The average molecular weight is 476 g/mol. The Morgan fingerprint density at radius 2 is 1.64 bits per heavy atom. The van der Waals surface area contributed by atoms with Crippen LogP contribution in [0.25, 0.3) is 0 Å². The number of nitrogens with one attached hydrogen (secondary N) is 1. The number of rotatable bonds is 8. The van der Waals surface area contributed by atoms with Crippen LogP contribution in [0.1, 0.15) is 22.8 Å². The highest BCUT2D eigenvalue weighted by atomic mass is 32.2. The molecule has 33 heavy (non-hydrogen) atoms. The Labute approximate surface area is 194 Å². The Morgan fingerprint density at radius 3 is 2.21 bits per heavy atom. The topological polar surface area (TPSA) is 105 Å². The first-order chi connectivity index (χ1) is 15.8. The van der Waals surface area contributed by atoms with Crippen molar-refractivity contribution in [2.24, 2.45) is 0 Å². The van der Waals surface area contributed by atoms with Crippen molar-refractivity contribution in [3.63, 3.8) is 0 Å². The number of ether oxygens (including phenoxy) is 2. The largest absolute Gasteiger partial charge is 0.497 e. The third-order valence-corrected chi connectivity index (χ3v) is 7.50. The molecule has 0 aromatic heterocycles. The third-order valence-electron chi connectivity index (χ3n) is 5.59. The van der Waals surface area contributed by atoms with E-state index in [2.05, 4.69) is 5.32 Å². The van der Waals surface area contributed by atoms with Crippen molar-refractivity contribution < 1.29 is 27.5 Å². The van der Waals surface area contributed by atoms with Gasteiger partial charge in [-0.15, -0.1) is 0 Å². The van der Waals surface area contributed by atoms with E-state index in [1.165, 1.54) is 35.5 Å². The van der Waals surface area contributed by atoms with Gasteiger partial charge in [0.2, 0.25) is 10.0 Å². The van der Waals surface area contributed by atoms with E-state index < -0.39 is 10.0 Å². The van der Waals surface area contributed by atoms with Crippen molar-refractivity contribution in [3.8, 4) is 11.5 Å². The second kappa shape index (κ2) is 10.7. The molecule has 2 aromatic rings. The van der Waals surface area contributed by atoms with Crippen LogP contribution in [0.4, 0.5) is 4.79 Å². The van der Waals surface area contributed by atoms with Gasteiger partial charge in [0.25, 0.3) is 0 Å². The number of sulfonamides is 1. The van der Waals surface area contributed by atoms with Gasteiger partial charge in [-0.05, 0) is 37.1 Å². The number of piperazine rings is 1. The highest BCUT2D eigenvalue weighted by Gasteiger charge is 2.30. The molecule has 178 valence electrons. The molecule has 1 heterocycles. The molecule has 0 saturated carbocycles. The maximum Gasteiger partial charge on any atom is 0.317 e. The lowest BCUT2D eigenvalue weighted by Gasteiger charge is -2.34.